The first kappa shape index (κ1) is 24.0. The van der Waals surface area contributed by atoms with Crippen LogP contribution < -0.4 is 10.7 Å². The number of nitrogens with one attached hydrogen (secondary N) is 2. The molecule has 0 saturated carbocycles. The van der Waals surface area contributed by atoms with Crippen molar-refractivity contribution in [3.8, 4) is 0 Å². The Balaban J connectivity index is 1.67. The fraction of sp³-hybridized carbons (Fsp3) is 0.526. The maximum absolute atomic E-state index is 13.3. The predicted molar refractivity (Wildman–Crippen MR) is 105 cm³/mol. The van der Waals surface area contributed by atoms with Gasteiger partial charge >= 0.3 is 12.2 Å². The molecule has 2 aliphatic heterocycles. The predicted octanol–water partition coefficient (Wildman–Crippen LogP) is 1.86. The van der Waals surface area contributed by atoms with Gasteiger partial charge in [0.1, 0.15) is 5.54 Å². The van der Waals surface area contributed by atoms with Crippen LogP contribution in [0.25, 0.3) is 0 Å². The number of hydrogen-bond donors (Lipinski definition) is 2. The Hall–Kier alpha value is -2.67. The van der Waals surface area contributed by atoms with Gasteiger partial charge in [0, 0.05) is 19.0 Å². The van der Waals surface area contributed by atoms with Gasteiger partial charge in [0.15, 0.2) is 0 Å². The molecule has 2 heterocycles. The van der Waals surface area contributed by atoms with Gasteiger partial charge in [0.2, 0.25) is 15.9 Å². The lowest BCUT2D eigenvalue weighted by Gasteiger charge is -2.31. The maximum atomic E-state index is 13.3. The van der Waals surface area contributed by atoms with Crippen LogP contribution >= 0.6 is 0 Å². The number of piperidine rings is 1. The molecule has 1 aromatic rings. The summed E-state index contributed by atoms with van der Waals surface area (Å²) in [6.07, 6.45) is -4.47. The SMILES string of the molecule is CC[C@@]1(C)NC(=O)N(NC(=O)C2CCN(S(=O)(=O)c3ccccc3C(F)(F)F)CC2)C1=O. The minimum Gasteiger partial charge on any atom is -0.322 e. The van der Waals surface area contributed by atoms with Crippen molar-refractivity contribution in [2.45, 2.75) is 49.7 Å². The van der Waals surface area contributed by atoms with E-state index >= 15 is 0 Å². The Morgan fingerprint density at radius 2 is 1.81 bits per heavy atom. The van der Waals surface area contributed by atoms with Crippen LogP contribution in [-0.2, 0) is 25.8 Å². The van der Waals surface area contributed by atoms with Crippen molar-refractivity contribution in [1.82, 2.24) is 20.1 Å². The highest BCUT2D eigenvalue weighted by molar-refractivity contribution is 7.89. The summed E-state index contributed by atoms with van der Waals surface area (Å²) < 4.78 is 66.3. The van der Waals surface area contributed by atoms with E-state index in [0.29, 0.717) is 17.5 Å². The number of carbonyl (C=O) groups excluding carboxylic acids is 3. The standard InChI is InChI=1S/C19H23F3N4O5S/c1-3-18(2)16(28)26(17(29)23-18)24-15(27)12-8-10-25(11-9-12)32(30,31)14-7-5-4-6-13(14)19(20,21)22/h4-7,12H,3,8-11H2,1-2H3,(H,23,29)(H,24,27)/t18-/m1/s1. The fourth-order valence-corrected chi connectivity index (χ4v) is 5.33. The first-order valence-corrected chi connectivity index (χ1v) is 11.4. The van der Waals surface area contributed by atoms with E-state index in [2.05, 4.69) is 10.7 Å². The van der Waals surface area contributed by atoms with E-state index in [1.54, 1.807) is 6.92 Å². The number of carbonyl (C=O) groups is 3. The number of halogens is 3. The quantitative estimate of drug-likeness (QED) is 0.630. The fourth-order valence-electron chi connectivity index (χ4n) is 3.65. The van der Waals surface area contributed by atoms with Crippen LogP contribution in [0.3, 0.4) is 0 Å². The first-order valence-electron chi connectivity index (χ1n) is 9.95. The second kappa shape index (κ2) is 8.35. The van der Waals surface area contributed by atoms with Gasteiger partial charge < -0.3 is 5.32 Å². The zero-order chi connectivity index (χ0) is 23.9. The average Bonchev–Trinajstić information content (AvgIpc) is 2.96. The Labute approximate surface area is 182 Å². The lowest BCUT2D eigenvalue weighted by molar-refractivity contribution is -0.141. The number of hydrazine groups is 1. The summed E-state index contributed by atoms with van der Waals surface area (Å²) in [5, 5.41) is 3.10. The summed E-state index contributed by atoms with van der Waals surface area (Å²) in [5.41, 5.74) is -0.116. The van der Waals surface area contributed by atoms with Gasteiger partial charge in [-0.25, -0.2) is 13.2 Å². The largest absolute Gasteiger partial charge is 0.417 e. The van der Waals surface area contributed by atoms with E-state index in [4.69, 9.17) is 0 Å². The van der Waals surface area contributed by atoms with Gasteiger partial charge in [-0.3, -0.25) is 15.0 Å². The molecule has 3 rings (SSSR count). The molecule has 0 aliphatic carbocycles. The van der Waals surface area contributed by atoms with Gasteiger partial charge in [0.05, 0.1) is 10.5 Å². The molecule has 4 amide bonds. The number of sulfonamides is 1. The molecule has 2 saturated heterocycles. The van der Waals surface area contributed by atoms with Gasteiger partial charge in [0.25, 0.3) is 5.91 Å². The van der Waals surface area contributed by atoms with Crippen molar-refractivity contribution in [2.24, 2.45) is 5.92 Å². The summed E-state index contributed by atoms with van der Waals surface area (Å²) in [6, 6.07) is 3.16. The number of imide groups is 1. The summed E-state index contributed by atoms with van der Waals surface area (Å²) in [7, 11) is -4.43. The molecule has 2 fully saturated rings. The zero-order valence-electron chi connectivity index (χ0n) is 17.4. The third kappa shape index (κ3) is 4.31. The first-order chi connectivity index (χ1) is 14.8. The van der Waals surface area contributed by atoms with E-state index < -0.39 is 56.0 Å². The monoisotopic (exact) mass is 476 g/mol. The summed E-state index contributed by atoms with van der Waals surface area (Å²) >= 11 is 0. The smallest absolute Gasteiger partial charge is 0.322 e. The van der Waals surface area contributed by atoms with E-state index in [9.17, 15) is 36.0 Å². The van der Waals surface area contributed by atoms with Crippen molar-refractivity contribution in [3.63, 3.8) is 0 Å². The highest BCUT2D eigenvalue weighted by Crippen LogP contribution is 2.36. The molecule has 0 bridgehead atoms. The Kier molecular flexibility index (Phi) is 6.26. The molecule has 1 atom stereocenters. The lowest BCUT2D eigenvalue weighted by atomic mass is 9.97. The molecule has 2 aliphatic rings. The van der Waals surface area contributed by atoms with Crippen molar-refractivity contribution in [1.29, 1.82) is 0 Å². The zero-order valence-corrected chi connectivity index (χ0v) is 18.2. The molecule has 1 aromatic carbocycles. The topological polar surface area (TPSA) is 116 Å². The number of alkyl halides is 3. The van der Waals surface area contributed by atoms with Crippen LogP contribution in [0, 0.1) is 5.92 Å². The van der Waals surface area contributed by atoms with Crippen LogP contribution in [0.1, 0.15) is 38.7 Å². The van der Waals surface area contributed by atoms with Crippen LogP contribution in [-0.4, -0.2) is 54.2 Å². The molecule has 13 heteroatoms. The number of hydrogen-bond acceptors (Lipinski definition) is 5. The number of urea groups is 1. The minimum atomic E-state index is -4.84. The summed E-state index contributed by atoms with van der Waals surface area (Å²) in [5.74, 6) is -1.96. The third-order valence-electron chi connectivity index (χ3n) is 5.83. The number of rotatable bonds is 5. The third-order valence-corrected chi connectivity index (χ3v) is 7.78. The normalized spacial score (nSPS) is 23.3. The number of nitrogens with zero attached hydrogens (tertiary/aromatic N) is 2. The molecule has 0 unspecified atom stereocenters. The van der Waals surface area contributed by atoms with Crippen molar-refractivity contribution < 1.29 is 36.0 Å². The second-order valence-corrected chi connectivity index (χ2v) is 9.81. The molecule has 9 nitrogen and oxygen atoms in total. The number of benzene rings is 1. The molecule has 0 aromatic heterocycles. The molecule has 2 N–H and O–H groups in total. The van der Waals surface area contributed by atoms with Crippen molar-refractivity contribution in [3.05, 3.63) is 29.8 Å². The van der Waals surface area contributed by atoms with Gasteiger partial charge in [-0.2, -0.15) is 22.5 Å². The van der Waals surface area contributed by atoms with Crippen LogP contribution in [0.4, 0.5) is 18.0 Å². The molecular formula is C19H23F3N4O5S. The maximum Gasteiger partial charge on any atom is 0.417 e. The average molecular weight is 476 g/mol. The highest BCUT2D eigenvalue weighted by Gasteiger charge is 2.48. The van der Waals surface area contributed by atoms with Crippen LogP contribution in [0.15, 0.2) is 29.2 Å². The van der Waals surface area contributed by atoms with E-state index in [0.717, 1.165) is 16.4 Å². The summed E-state index contributed by atoms with van der Waals surface area (Å²) in [4.78, 5) is 36.1. The molecule has 32 heavy (non-hydrogen) atoms. The Morgan fingerprint density at radius 3 is 2.34 bits per heavy atom. The molecule has 0 spiro atoms. The highest BCUT2D eigenvalue weighted by atomic mass is 32.2. The van der Waals surface area contributed by atoms with Crippen molar-refractivity contribution in [2.75, 3.05) is 13.1 Å². The summed E-state index contributed by atoms with van der Waals surface area (Å²) in [6.45, 7) is 2.87. The van der Waals surface area contributed by atoms with E-state index in [-0.39, 0.29) is 25.9 Å². The minimum absolute atomic E-state index is 0.0218. The van der Waals surface area contributed by atoms with Crippen molar-refractivity contribution >= 4 is 27.9 Å². The molecule has 176 valence electrons. The number of amides is 4. The Morgan fingerprint density at radius 1 is 1.22 bits per heavy atom. The molecular weight excluding hydrogens is 453 g/mol. The van der Waals surface area contributed by atoms with Crippen LogP contribution in [0.5, 0.6) is 0 Å². The Bertz CT molecular complexity index is 1040. The van der Waals surface area contributed by atoms with Gasteiger partial charge in [-0.15, -0.1) is 0 Å². The van der Waals surface area contributed by atoms with E-state index in [1.165, 1.54) is 13.0 Å². The van der Waals surface area contributed by atoms with Crippen LogP contribution in [0.2, 0.25) is 0 Å². The van der Waals surface area contributed by atoms with Gasteiger partial charge in [-0.05, 0) is 38.3 Å². The van der Waals surface area contributed by atoms with Gasteiger partial charge in [-0.1, -0.05) is 19.1 Å². The van der Waals surface area contributed by atoms with E-state index in [1.807, 2.05) is 0 Å². The molecule has 0 radical (unpaired) electrons. The lowest BCUT2D eigenvalue weighted by Crippen LogP contribution is -2.51. The second-order valence-electron chi connectivity index (χ2n) is 7.90.